The quantitative estimate of drug-likeness (QED) is 0.934. The third-order valence-corrected chi connectivity index (χ3v) is 4.20. The molecule has 0 bridgehead atoms. The van der Waals surface area contributed by atoms with Crippen LogP contribution in [0.3, 0.4) is 0 Å². The van der Waals surface area contributed by atoms with E-state index in [1.807, 2.05) is 25.2 Å². The molecule has 4 nitrogen and oxygen atoms in total. The summed E-state index contributed by atoms with van der Waals surface area (Å²) in [6.45, 7) is 1.50. The van der Waals surface area contributed by atoms with Gasteiger partial charge in [-0.15, -0.1) is 0 Å². The molecule has 1 saturated heterocycles. The largest absolute Gasteiger partial charge is 0.381 e. The Morgan fingerprint density at radius 3 is 2.70 bits per heavy atom. The highest BCUT2D eigenvalue weighted by Gasteiger charge is 2.23. The fraction of sp³-hybridized carbons (Fsp3) is 0.333. The van der Waals surface area contributed by atoms with Crippen LogP contribution in [0.5, 0.6) is 0 Å². The van der Waals surface area contributed by atoms with Crippen molar-refractivity contribution in [1.29, 1.82) is 0 Å². The monoisotopic (exact) mass is 333 g/mol. The van der Waals surface area contributed by atoms with Crippen LogP contribution in [0.1, 0.15) is 18.2 Å². The summed E-state index contributed by atoms with van der Waals surface area (Å²) in [7, 11) is 1.87. The summed E-state index contributed by atoms with van der Waals surface area (Å²) in [6, 6.07) is 10.1. The van der Waals surface area contributed by atoms with E-state index in [-0.39, 0.29) is 5.92 Å². The smallest absolute Gasteiger partial charge is 0.144 e. The molecule has 104 valence electrons. The predicted molar refractivity (Wildman–Crippen MR) is 82.9 cm³/mol. The molecule has 5 heteroatoms. The number of rotatable bonds is 3. The molecule has 1 aromatic heterocycles. The van der Waals surface area contributed by atoms with Gasteiger partial charge in [0.1, 0.15) is 11.6 Å². The van der Waals surface area contributed by atoms with Gasteiger partial charge in [-0.25, -0.2) is 9.97 Å². The first-order valence-corrected chi connectivity index (χ1v) is 7.47. The highest BCUT2D eigenvalue weighted by atomic mass is 79.9. The van der Waals surface area contributed by atoms with Gasteiger partial charge in [0.05, 0.1) is 16.8 Å². The van der Waals surface area contributed by atoms with Gasteiger partial charge >= 0.3 is 0 Å². The highest BCUT2D eigenvalue weighted by molar-refractivity contribution is 9.10. The van der Waals surface area contributed by atoms with E-state index in [0.29, 0.717) is 6.61 Å². The lowest BCUT2D eigenvalue weighted by Gasteiger charge is -2.14. The summed E-state index contributed by atoms with van der Waals surface area (Å²) in [5.74, 6) is 1.97. The van der Waals surface area contributed by atoms with Gasteiger partial charge in [-0.3, -0.25) is 0 Å². The topological polar surface area (TPSA) is 47.0 Å². The standard InChI is InChI=1S/C15H16BrN3O/c1-17-15-12(16)13(10-5-3-2-4-6-10)18-14(19-15)11-7-8-20-9-11/h2-6,11H,7-9H2,1H3,(H,17,18,19). The van der Waals surface area contributed by atoms with Crippen LogP contribution in [-0.4, -0.2) is 30.2 Å². The average molecular weight is 334 g/mol. The van der Waals surface area contributed by atoms with Crippen LogP contribution in [0, 0.1) is 0 Å². The van der Waals surface area contributed by atoms with Gasteiger partial charge in [0.25, 0.3) is 0 Å². The third-order valence-electron chi connectivity index (χ3n) is 3.45. The van der Waals surface area contributed by atoms with Crippen LogP contribution in [0.4, 0.5) is 5.82 Å². The summed E-state index contributed by atoms with van der Waals surface area (Å²) in [5.41, 5.74) is 2.00. The second kappa shape index (κ2) is 5.89. The molecular weight excluding hydrogens is 318 g/mol. The molecule has 20 heavy (non-hydrogen) atoms. The van der Waals surface area contributed by atoms with Gasteiger partial charge in [0.2, 0.25) is 0 Å². The number of nitrogens with zero attached hydrogens (tertiary/aromatic N) is 2. The van der Waals surface area contributed by atoms with Crippen molar-refractivity contribution in [3.8, 4) is 11.3 Å². The molecule has 1 fully saturated rings. The van der Waals surface area contributed by atoms with Crippen molar-refractivity contribution in [1.82, 2.24) is 9.97 Å². The molecule has 2 heterocycles. The summed E-state index contributed by atoms with van der Waals surface area (Å²) >= 11 is 3.60. The van der Waals surface area contributed by atoms with E-state index in [9.17, 15) is 0 Å². The van der Waals surface area contributed by atoms with Crippen molar-refractivity contribution in [3.63, 3.8) is 0 Å². The van der Waals surface area contributed by atoms with Crippen LogP contribution < -0.4 is 5.32 Å². The maximum atomic E-state index is 5.45. The maximum absolute atomic E-state index is 5.45. The lowest BCUT2D eigenvalue weighted by atomic mass is 10.1. The summed E-state index contributed by atoms with van der Waals surface area (Å²) in [4.78, 5) is 9.37. The SMILES string of the molecule is CNc1nc(C2CCOC2)nc(-c2ccccc2)c1Br. The van der Waals surface area contributed by atoms with Gasteiger partial charge in [0, 0.05) is 25.1 Å². The maximum Gasteiger partial charge on any atom is 0.144 e. The summed E-state index contributed by atoms with van der Waals surface area (Å²) in [5, 5.41) is 3.13. The van der Waals surface area contributed by atoms with Crippen molar-refractivity contribution < 1.29 is 4.74 Å². The van der Waals surface area contributed by atoms with E-state index < -0.39 is 0 Å². The van der Waals surface area contributed by atoms with Crippen molar-refractivity contribution >= 4 is 21.7 Å². The second-order valence-electron chi connectivity index (χ2n) is 4.77. The molecule has 0 radical (unpaired) electrons. The van der Waals surface area contributed by atoms with Crippen LogP contribution in [0.25, 0.3) is 11.3 Å². The lowest BCUT2D eigenvalue weighted by molar-refractivity contribution is 0.193. The molecule has 3 rings (SSSR count). The molecule has 1 aliphatic rings. The number of ether oxygens (including phenoxy) is 1. The second-order valence-corrected chi connectivity index (χ2v) is 5.56. The van der Waals surface area contributed by atoms with Crippen molar-refractivity contribution in [2.24, 2.45) is 0 Å². The van der Waals surface area contributed by atoms with Crippen molar-refractivity contribution in [2.45, 2.75) is 12.3 Å². The first-order chi connectivity index (χ1) is 9.79. The number of halogens is 1. The molecular formula is C15H16BrN3O. The molecule has 0 saturated carbocycles. The van der Waals surface area contributed by atoms with Crippen molar-refractivity contribution in [3.05, 3.63) is 40.6 Å². The van der Waals surface area contributed by atoms with Gasteiger partial charge in [-0.2, -0.15) is 0 Å². The number of aromatic nitrogens is 2. The molecule has 2 aromatic rings. The summed E-state index contributed by atoms with van der Waals surface area (Å²) in [6.07, 6.45) is 0.985. The average Bonchev–Trinajstić information content (AvgIpc) is 3.03. The normalized spacial score (nSPS) is 18.2. The van der Waals surface area contributed by atoms with E-state index in [1.54, 1.807) is 0 Å². The molecule has 0 aliphatic carbocycles. The minimum atomic E-state index is 0.290. The van der Waals surface area contributed by atoms with Crippen LogP contribution in [0.15, 0.2) is 34.8 Å². The highest BCUT2D eigenvalue weighted by Crippen LogP contribution is 2.34. The van der Waals surface area contributed by atoms with E-state index in [0.717, 1.165) is 40.4 Å². The van der Waals surface area contributed by atoms with Gasteiger partial charge in [0.15, 0.2) is 0 Å². The number of benzene rings is 1. The van der Waals surface area contributed by atoms with Gasteiger partial charge in [-0.1, -0.05) is 30.3 Å². The Morgan fingerprint density at radius 2 is 2.05 bits per heavy atom. The Hall–Kier alpha value is -1.46. The third kappa shape index (κ3) is 2.55. The Labute approximate surface area is 126 Å². The fourth-order valence-corrected chi connectivity index (χ4v) is 2.94. The molecule has 1 unspecified atom stereocenters. The molecule has 1 aromatic carbocycles. The van der Waals surface area contributed by atoms with E-state index in [4.69, 9.17) is 9.72 Å². The molecule has 1 N–H and O–H groups in total. The van der Waals surface area contributed by atoms with Gasteiger partial charge < -0.3 is 10.1 Å². The Bertz CT molecular complexity index is 598. The molecule has 1 atom stereocenters. The van der Waals surface area contributed by atoms with Crippen LogP contribution in [0.2, 0.25) is 0 Å². The fourth-order valence-electron chi connectivity index (χ4n) is 2.34. The zero-order valence-corrected chi connectivity index (χ0v) is 12.9. The predicted octanol–water partition coefficient (Wildman–Crippen LogP) is 3.45. The molecule has 0 spiro atoms. The van der Waals surface area contributed by atoms with E-state index in [1.165, 1.54) is 0 Å². The zero-order valence-electron chi connectivity index (χ0n) is 11.3. The number of anilines is 1. The minimum Gasteiger partial charge on any atom is -0.381 e. The first-order valence-electron chi connectivity index (χ1n) is 6.68. The minimum absolute atomic E-state index is 0.290. The number of nitrogens with one attached hydrogen (secondary N) is 1. The van der Waals surface area contributed by atoms with Crippen molar-refractivity contribution in [2.75, 3.05) is 25.6 Å². The van der Waals surface area contributed by atoms with Crippen LogP contribution in [-0.2, 0) is 4.74 Å². The summed E-state index contributed by atoms with van der Waals surface area (Å²) < 4.78 is 6.35. The Balaban J connectivity index is 2.10. The Morgan fingerprint density at radius 1 is 1.25 bits per heavy atom. The first kappa shape index (κ1) is 13.5. The Kier molecular flexibility index (Phi) is 3.98. The van der Waals surface area contributed by atoms with E-state index in [2.05, 4.69) is 38.4 Å². The number of hydrogen-bond acceptors (Lipinski definition) is 4. The zero-order chi connectivity index (χ0) is 13.9. The molecule has 1 aliphatic heterocycles. The lowest BCUT2D eigenvalue weighted by Crippen LogP contribution is -2.08. The number of hydrogen-bond donors (Lipinski definition) is 1. The molecule has 0 amide bonds. The van der Waals surface area contributed by atoms with Crippen LogP contribution >= 0.6 is 15.9 Å². The van der Waals surface area contributed by atoms with E-state index >= 15 is 0 Å². The van der Waals surface area contributed by atoms with Gasteiger partial charge in [-0.05, 0) is 22.4 Å².